The molecule has 1 atom stereocenters. The van der Waals surface area contributed by atoms with Crippen molar-refractivity contribution in [2.75, 3.05) is 52.4 Å². The maximum Gasteiger partial charge on any atom is 0.410 e. The van der Waals surface area contributed by atoms with Crippen LogP contribution in [0.15, 0.2) is 30.3 Å². The molecule has 29 heavy (non-hydrogen) atoms. The molecular formula is C22H38N4O3. The fourth-order valence-corrected chi connectivity index (χ4v) is 3.47. The minimum absolute atomic E-state index is 0.00712. The van der Waals surface area contributed by atoms with Crippen molar-refractivity contribution in [1.29, 1.82) is 0 Å². The smallest absolute Gasteiger partial charge is 0.410 e. The quantitative estimate of drug-likeness (QED) is 0.706. The van der Waals surface area contributed by atoms with Gasteiger partial charge in [0.1, 0.15) is 5.60 Å². The van der Waals surface area contributed by atoms with Crippen LogP contribution in [0.5, 0.6) is 0 Å². The number of benzene rings is 1. The lowest BCUT2D eigenvalue weighted by Crippen LogP contribution is -2.56. The Morgan fingerprint density at radius 2 is 1.72 bits per heavy atom. The molecule has 2 aliphatic rings. The van der Waals surface area contributed by atoms with E-state index in [1.54, 1.807) is 4.90 Å². The van der Waals surface area contributed by atoms with Gasteiger partial charge in [-0.05, 0) is 32.8 Å². The highest BCUT2D eigenvalue weighted by Crippen LogP contribution is 2.19. The third-order valence-corrected chi connectivity index (χ3v) is 4.86. The van der Waals surface area contributed by atoms with E-state index in [2.05, 4.69) is 27.7 Å². The van der Waals surface area contributed by atoms with Gasteiger partial charge in [0, 0.05) is 65.0 Å². The maximum atomic E-state index is 12.4. The topological polar surface area (TPSA) is 77.1 Å². The molecular weight excluding hydrogens is 368 g/mol. The molecule has 3 N–H and O–H groups in total. The first-order valence-corrected chi connectivity index (χ1v) is 10.7. The Balaban J connectivity index is 0.000000426. The summed E-state index contributed by atoms with van der Waals surface area (Å²) in [6.45, 7) is 13.3. The second-order valence-corrected chi connectivity index (χ2v) is 8.56. The lowest BCUT2D eigenvalue weighted by atomic mass is 10.1. The van der Waals surface area contributed by atoms with Crippen LogP contribution in [-0.2, 0) is 11.3 Å². The van der Waals surface area contributed by atoms with Gasteiger partial charge >= 0.3 is 6.09 Å². The van der Waals surface area contributed by atoms with Crippen LogP contribution in [0.2, 0.25) is 0 Å². The number of nitrogens with zero attached hydrogens (tertiary/aromatic N) is 2. The van der Waals surface area contributed by atoms with E-state index in [1.165, 1.54) is 5.56 Å². The molecule has 1 aromatic rings. The number of nitrogens with one attached hydrogen (secondary N) is 2. The largest absolute Gasteiger partial charge is 0.444 e. The summed E-state index contributed by atoms with van der Waals surface area (Å²) in [5.74, 6) is 0. The fourth-order valence-electron chi connectivity index (χ4n) is 3.47. The van der Waals surface area contributed by atoms with E-state index in [1.807, 2.05) is 39.0 Å². The van der Waals surface area contributed by atoms with Gasteiger partial charge in [0.15, 0.2) is 0 Å². The average molecular weight is 407 g/mol. The van der Waals surface area contributed by atoms with Crippen LogP contribution in [0.25, 0.3) is 0 Å². The first kappa shape index (κ1) is 23.6. The van der Waals surface area contributed by atoms with Crippen LogP contribution < -0.4 is 10.6 Å². The maximum absolute atomic E-state index is 12.4. The minimum atomic E-state index is -0.498. The first-order chi connectivity index (χ1) is 13.9. The van der Waals surface area contributed by atoms with Gasteiger partial charge in [-0.25, -0.2) is 4.79 Å². The molecule has 1 aromatic carbocycles. The zero-order valence-electron chi connectivity index (χ0n) is 18.2. The highest BCUT2D eigenvalue weighted by molar-refractivity contribution is 5.68. The highest BCUT2D eigenvalue weighted by atomic mass is 16.6. The molecule has 0 aliphatic carbocycles. The van der Waals surface area contributed by atoms with Gasteiger partial charge in [-0.15, -0.1) is 0 Å². The minimum Gasteiger partial charge on any atom is -0.444 e. The molecule has 0 bridgehead atoms. The van der Waals surface area contributed by atoms with Gasteiger partial charge in [-0.3, -0.25) is 4.90 Å². The second kappa shape index (κ2) is 12.1. The van der Waals surface area contributed by atoms with E-state index >= 15 is 0 Å². The van der Waals surface area contributed by atoms with Crippen molar-refractivity contribution in [2.45, 2.75) is 45.4 Å². The van der Waals surface area contributed by atoms with E-state index in [-0.39, 0.29) is 18.7 Å². The normalized spacial score (nSPS) is 20.6. The third kappa shape index (κ3) is 9.12. The Morgan fingerprint density at radius 3 is 2.24 bits per heavy atom. The fraction of sp³-hybridized carbons (Fsp3) is 0.682. The van der Waals surface area contributed by atoms with Crippen LogP contribution in [0, 0.1) is 0 Å². The molecule has 2 fully saturated rings. The molecule has 0 radical (unpaired) electrons. The average Bonchev–Trinajstić information content (AvgIpc) is 2.70. The highest BCUT2D eigenvalue weighted by Gasteiger charge is 2.32. The molecule has 1 amide bonds. The molecule has 0 unspecified atom stereocenters. The zero-order chi connectivity index (χ0) is 21.1. The third-order valence-electron chi connectivity index (χ3n) is 4.86. The molecule has 3 rings (SSSR count). The molecule has 2 heterocycles. The Bertz CT molecular complexity index is 576. The number of carbonyl (C=O) groups is 1. The van der Waals surface area contributed by atoms with Crippen LogP contribution in [0.1, 0.15) is 32.8 Å². The lowest BCUT2D eigenvalue weighted by Gasteiger charge is -2.41. The van der Waals surface area contributed by atoms with E-state index < -0.39 is 5.60 Å². The number of ether oxygens (including phenoxy) is 1. The Hall–Kier alpha value is -1.67. The Morgan fingerprint density at radius 1 is 1.10 bits per heavy atom. The number of rotatable bonds is 4. The number of aliphatic hydroxyl groups excluding tert-OH is 1. The van der Waals surface area contributed by atoms with Crippen molar-refractivity contribution in [2.24, 2.45) is 0 Å². The summed E-state index contributed by atoms with van der Waals surface area (Å²) in [6.07, 6.45) is 0.292. The second-order valence-electron chi connectivity index (χ2n) is 8.56. The molecule has 0 aromatic heterocycles. The van der Waals surface area contributed by atoms with E-state index in [4.69, 9.17) is 4.74 Å². The van der Waals surface area contributed by atoms with E-state index in [0.717, 1.165) is 45.8 Å². The summed E-state index contributed by atoms with van der Waals surface area (Å²) in [5.41, 5.74) is 0.767. The van der Waals surface area contributed by atoms with Gasteiger partial charge in [0.2, 0.25) is 0 Å². The first-order valence-electron chi connectivity index (χ1n) is 10.7. The van der Waals surface area contributed by atoms with Gasteiger partial charge in [0.25, 0.3) is 0 Å². The monoisotopic (exact) mass is 406 g/mol. The predicted molar refractivity (Wildman–Crippen MR) is 116 cm³/mol. The molecule has 2 saturated heterocycles. The van der Waals surface area contributed by atoms with Crippen molar-refractivity contribution in [3.8, 4) is 0 Å². The van der Waals surface area contributed by atoms with Crippen LogP contribution in [0.4, 0.5) is 4.79 Å². The summed E-state index contributed by atoms with van der Waals surface area (Å²) in [6, 6.07) is 10.3. The van der Waals surface area contributed by atoms with Gasteiger partial charge < -0.3 is 25.4 Å². The number of piperazine rings is 2. The van der Waals surface area contributed by atoms with Crippen molar-refractivity contribution < 1.29 is 14.6 Å². The number of carbonyl (C=O) groups excluding carboxylic acids is 1. The summed E-state index contributed by atoms with van der Waals surface area (Å²) >= 11 is 0. The van der Waals surface area contributed by atoms with Crippen molar-refractivity contribution in [3.05, 3.63) is 35.9 Å². The molecule has 2 aliphatic heterocycles. The molecule has 7 heteroatoms. The van der Waals surface area contributed by atoms with Crippen molar-refractivity contribution >= 4 is 6.09 Å². The summed E-state index contributed by atoms with van der Waals surface area (Å²) < 4.78 is 5.49. The van der Waals surface area contributed by atoms with Crippen molar-refractivity contribution in [3.63, 3.8) is 0 Å². The number of amides is 1. The van der Waals surface area contributed by atoms with Gasteiger partial charge in [-0.1, -0.05) is 30.3 Å². The summed E-state index contributed by atoms with van der Waals surface area (Å²) in [5, 5.41) is 15.8. The van der Waals surface area contributed by atoms with E-state index in [9.17, 15) is 9.90 Å². The lowest BCUT2D eigenvalue weighted by molar-refractivity contribution is -0.00610. The summed E-state index contributed by atoms with van der Waals surface area (Å²) in [7, 11) is 0. The molecule has 164 valence electrons. The van der Waals surface area contributed by atoms with Crippen LogP contribution >= 0.6 is 0 Å². The molecule has 7 nitrogen and oxygen atoms in total. The number of hydrogen-bond acceptors (Lipinski definition) is 6. The number of hydrogen-bond donors (Lipinski definition) is 3. The molecule has 0 spiro atoms. The van der Waals surface area contributed by atoms with Crippen molar-refractivity contribution in [1.82, 2.24) is 20.4 Å². The zero-order valence-corrected chi connectivity index (χ0v) is 18.2. The SMILES string of the molecule is C1CNCCN1.CC(C)(C)OC(=O)N1CCN(Cc2ccccc2)C[C@@H]1CCO. The summed E-state index contributed by atoms with van der Waals surface area (Å²) in [4.78, 5) is 16.5. The Kier molecular flexibility index (Phi) is 9.87. The van der Waals surface area contributed by atoms with Crippen LogP contribution in [0.3, 0.4) is 0 Å². The van der Waals surface area contributed by atoms with Crippen LogP contribution in [-0.4, -0.2) is 85.1 Å². The Labute approximate surface area is 175 Å². The van der Waals surface area contributed by atoms with Gasteiger partial charge in [0.05, 0.1) is 0 Å². The number of aliphatic hydroxyl groups is 1. The van der Waals surface area contributed by atoms with Gasteiger partial charge in [-0.2, -0.15) is 0 Å². The molecule has 0 saturated carbocycles. The standard InChI is InChI=1S/C18H28N2O3.C4H10N2/c1-18(2,3)23-17(22)20-11-10-19(14-16(20)9-12-21)13-15-7-5-4-6-8-15;1-2-6-4-3-5-1/h4-8,16,21H,9-14H2,1-3H3;5-6H,1-4H2/t16-;/m0./s1. The van der Waals surface area contributed by atoms with E-state index in [0.29, 0.717) is 13.0 Å². The predicted octanol–water partition coefficient (Wildman–Crippen LogP) is 1.67.